The molecule has 3 aromatic rings. The first-order valence-electron chi connectivity index (χ1n) is 12.9. The number of hydrogen-bond acceptors (Lipinski definition) is 7. The third kappa shape index (κ3) is 4.46. The minimum Gasteiger partial charge on any atom is -0.493 e. The van der Waals surface area contributed by atoms with Gasteiger partial charge in [0.2, 0.25) is 12.0 Å². The number of carbonyl (C=O) groups excluding carboxylic acids is 1. The molecule has 2 aliphatic heterocycles. The molecule has 1 saturated carbocycles. The van der Waals surface area contributed by atoms with Crippen LogP contribution in [-0.4, -0.2) is 52.8 Å². The number of fused-ring (bicyclic) bond motifs is 3. The Labute approximate surface area is 211 Å². The zero-order chi connectivity index (χ0) is 24.6. The Morgan fingerprint density at radius 3 is 2.94 bits per heavy atom. The van der Waals surface area contributed by atoms with E-state index >= 15 is 0 Å². The molecule has 4 heterocycles. The number of ether oxygens (including phenoxy) is 3. The molecular weight excluding hydrogens is 456 g/mol. The smallest absolute Gasteiger partial charge is 0.254 e. The second kappa shape index (κ2) is 9.58. The molecule has 2 fully saturated rings. The minimum atomic E-state index is -0.421. The van der Waals surface area contributed by atoms with E-state index in [9.17, 15) is 4.79 Å². The fourth-order valence-electron chi connectivity index (χ4n) is 5.94. The first-order chi connectivity index (χ1) is 17.6. The number of pyridine rings is 2. The molecule has 188 valence electrons. The van der Waals surface area contributed by atoms with Crippen LogP contribution in [0.3, 0.4) is 0 Å². The predicted octanol–water partition coefficient (Wildman–Crippen LogP) is 4.32. The molecule has 1 aromatic carbocycles. The molecule has 3 unspecified atom stereocenters. The zero-order valence-electron chi connectivity index (χ0n) is 20.8. The highest BCUT2D eigenvalue weighted by Crippen LogP contribution is 2.44. The summed E-state index contributed by atoms with van der Waals surface area (Å²) < 4.78 is 17.0. The molecule has 1 aliphatic carbocycles. The van der Waals surface area contributed by atoms with Crippen LogP contribution in [0.1, 0.15) is 55.1 Å². The third-order valence-electron chi connectivity index (χ3n) is 7.61. The lowest BCUT2D eigenvalue weighted by Gasteiger charge is -2.27. The average Bonchev–Trinajstić information content (AvgIpc) is 3.49. The summed E-state index contributed by atoms with van der Waals surface area (Å²) in [6, 6.07) is 12.2. The van der Waals surface area contributed by atoms with Crippen LogP contribution in [0.25, 0.3) is 11.0 Å². The van der Waals surface area contributed by atoms with Crippen molar-refractivity contribution < 1.29 is 19.0 Å². The quantitative estimate of drug-likeness (QED) is 0.553. The topological polar surface area (TPSA) is 85.8 Å². The molecule has 8 nitrogen and oxygen atoms in total. The molecular formula is C28H32N4O4. The van der Waals surface area contributed by atoms with Gasteiger partial charge in [0.1, 0.15) is 0 Å². The van der Waals surface area contributed by atoms with Crippen molar-refractivity contribution >= 4 is 16.9 Å². The number of nitrogens with one attached hydrogen (secondary N) is 1. The van der Waals surface area contributed by atoms with Crippen molar-refractivity contribution in [1.82, 2.24) is 20.2 Å². The standard InChI is InChI=1S/C28H32N4O4/c1-17-35-25-14-20(13-24(34-2)26(25)36-17)28(33)32(16-22-12-19-6-3-4-8-23(19)30-22)15-21-10-9-18-7-5-11-29-27(18)31-21/h5,7,9-11,13-14,17,19,22-23,30H,3-4,6,8,12,15-16H2,1-2H3/t17?,19?,22-,23?/m0/s1. The van der Waals surface area contributed by atoms with Gasteiger partial charge in [0.25, 0.3) is 5.91 Å². The van der Waals surface area contributed by atoms with Crippen LogP contribution in [0.2, 0.25) is 0 Å². The number of rotatable bonds is 6. The lowest BCUT2D eigenvalue weighted by atomic mass is 9.85. The maximum atomic E-state index is 14.0. The van der Waals surface area contributed by atoms with Crippen molar-refractivity contribution in [3.05, 3.63) is 53.9 Å². The molecule has 3 aliphatic rings. The van der Waals surface area contributed by atoms with Gasteiger partial charge in [-0.25, -0.2) is 9.97 Å². The molecule has 1 N–H and O–H groups in total. The van der Waals surface area contributed by atoms with E-state index in [1.165, 1.54) is 25.7 Å². The highest BCUT2D eigenvalue weighted by Gasteiger charge is 2.37. The van der Waals surface area contributed by atoms with Gasteiger partial charge in [-0.05, 0) is 61.6 Å². The summed E-state index contributed by atoms with van der Waals surface area (Å²) in [4.78, 5) is 25.0. The highest BCUT2D eigenvalue weighted by molar-refractivity contribution is 5.95. The Morgan fingerprint density at radius 1 is 1.19 bits per heavy atom. The fraction of sp³-hybridized carbons (Fsp3) is 0.464. The first-order valence-corrected chi connectivity index (χ1v) is 12.9. The molecule has 1 amide bonds. The summed E-state index contributed by atoms with van der Waals surface area (Å²) >= 11 is 0. The summed E-state index contributed by atoms with van der Waals surface area (Å²) in [6.45, 7) is 2.82. The van der Waals surface area contributed by atoms with Gasteiger partial charge in [0.05, 0.1) is 19.3 Å². The summed E-state index contributed by atoms with van der Waals surface area (Å²) in [6.07, 6.45) is 7.52. The maximum Gasteiger partial charge on any atom is 0.254 e. The van der Waals surface area contributed by atoms with Crippen LogP contribution >= 0.6 is 0 Å². The second-order valence-electron chi connectivity index (χ2n) is 10.1. The fourth-order valence-corrected chi connectivity index (χ4v) is 5.94. The van der Waals surface area contributed by atoms with Crippen LogP contribution in [0.15, 0.2) is 42.6 Å². The summed E-state index contributed by atoms with van der Waals surface area (Å²) in [5.74, 6) is 2.19. The normalized spacial score (nSPS) is 24.5. The Hall–Kier alpha value is -3.39. The molecule has 0 spiro atoms. The van der Waals surface area contributed by atoms with Crippen molar-refractivity contribution in [3.63, 3.8) is 0 Å². The van der Waals surface area contributed by atoms with Crippen LogP contribution < -0.4 is 19.5 Å². The third-order valence-corrected chi connectivity index (χ3v) is 7.61. The number of hydrogen-bond donors (Lipinski definition) is 1. The second-order valence-corrected chi connectivity index (χ2v) is 10.1. The minimum absolute atomic E-state index is 0.0844. The van der Waals surface area contributed by atoms with Crippen molar-refractivity contribution in [3.8, 4) is 17.2 Å². The van der Waals surface area contributed by atoms with Crippen LogP contribution in [0.5, 0.6) is 17.2 Å². The number of methoxy groups -OCH3 is 1. The van der Waals surface area contributed by atoms with Crippen LogP contribution in [0.4, 0.5) is 0 Å². The number of aromatic nitrogens is 2. The van der Waals surface area contributed by atoms with Crippen molar-refractivity contribution in [2.75, 3.05) is 13.7 Å². The molecule has 0 bridgehead atoms. The van der Waals surface area contributed by atoms with E-state index in [0.29, 0.717) is 53.5 Å². The van der Waals surface area contributed by atoms with Crippen molar-refractivity contribution in [1.29, 1.82) is 0 Å². The van der Waals surface area contributed by atoms with E-state index in [4.69, 9.17) is 19.2 Å². The van der Waals surface area contributed by atoms with Gasteiger partial charge in [-0.15, -0.1) is 0 Å². The van der Waals surface area contributed by atoms with Crippen LogP contribution in [0, 0.1) is 5.92 Å². The lowest BCUT2D eigenvalue weighted by Crippen LogP contribution is -2.43. The van der Waals surface area contributed by atoms with Gasteiger partial charge in [-0.2, -0.15) is 0 Å². The average molecular weight is 489 g/mol. The van der Waals surface area contributed by atoms with Gasteiger partial charge >= 0.3 is 0 Å². The van der Waals surface area contributed by atoms with Crippen molar-refractivity contribution in [2.45, 2.75) is 63.9 Å². The van der Waals surface area contributed by atoms with Gasteiger partial charge in [-0.1, -0.05) is 12.8 Å². The summed E-state index contributed by atoms with van der Waals surface area (Å²) in [5, 5.41) is 4.80. The molecule has 1 saturated heterocycles. The number of carbonyl (C=O) groups is 1. The zero-order valence-corrected chi connectivity index (χ0v) is 20.8. The van der Waals surface area contributed by atoms with Gasteiger partial charge in [-0.3, -0.25) is 4.79 Å². The Bertz CT molecular complexity index is 1270. The number of nitrogens with zero attached hydrogens (tertiary/aromatic N) is 3. The van der Waals surface area contributed by atoms with E-state index in [2.05, 4.69) is 10.3 Å². The number of amides is 1. The largest absolute Gasteiger partial charge is 0.493 e. The van der Waals surface area contributed by atoms with E-state index in [-0.39, 0.29) is 11.9 Å². The molecule has 6 rings (SSSR count). The van der Waals surface area contributed by atoms with Gasteiger partial charge in [0.15, 0.2) is 17.1 Å². The van der Waals surface area contributed by atoms with Gasteiger partial charge < -0.3 is 24.4 Å². The first kappa shape index (κ1) is 23.0. The highest BCUT2D eigenvalue weighted by atomic mass is 16.7. The summed E-state index contributed by atoms with van der Waals surface area (Å²) in [5.41, 5.74) is 2.01. The van der Waals surface area contributed by atoms with E-state index in [0.717, 1.165) is 17.5 Å². The molecule has 36 heavy (non-hydrogen) atoms. The van der Waals surface area contributed by atoms with E-state index in [1.54, 1.807) is 25.4 Å². The lowest BCUT2D eigenvalue weighted by molar-refractivity contribution is 0.0660. The Kier molecular flexibility index (Phi) is 6.13. The van der Waals surface area contributed by atoms with E-state index < -0.39 is 6.29 Å². The summed E-state index contributed by atoms with van der Waals surface area (Å²) in [7, 11) is 1.57. The molecule has 2 aromatic heterocycles. The van der Waals surface area contributed by atoms with E-state index in [1.807, 2.05) is 36.1 Å². The molecule has 0 radical (unpaired) electrons. The molecule has 4 atom stereocenters. The molecule has 8 heteroatoms. The van der Waals surface area contributed by atoms with Gasteiger partial charge in [0, 0.05) is 42.7 Å². The van der Waals surface area contributed by atoms with Crippen molar-refractivity contribution in [2.24, 2.45) is 5.92 Å². The Morgan fingerprint density at radius 2 is 2.08 bits per heavy atom. The predicted molar refractivity (Wildman–Crippen MR) is 135 cm³/mol. The maximum absolute atomic E-state index is 14.0. The number of benzene rings is 1. The Balaban J connectivity index is 1.30. The van der Waals surface area contributed by atoms with Crippen LogP contribution in [-0.2, 0) is 6.54 Å². The SMILES string of the molecule is COc1cc(C(=O)N(Cc2ccc3cccnc3n2)C[C@@H]2CC3CCCCC3N2)cc2c1OC(C)O2. The monoisotopic (exact) mass is 488 g/mol.